The van der Waals surface area contributed by atoms with Crippen LogP contribution in [0.3, 0.4) is 0 Å². The van der Waals surface area contributed by atoms with Crippen molar-refractivity contribution in [2.24, 2.45) is 0 Å². The monoisotopic (exact) mass is 383 g/mol. The first kappa shape index (κ1) is 19.8. The van der Waals surface area contributed by atoms with Crippen molar-refractivity contribution in [1.29, 1.82) is 0 Å². The molecule has 1 aromatic heterocycles. The number of anilines is 2. The second kappa shape index (κ2) is 8.79. The van der Waals surface area contributed by atoms with Gasteiger partial charge in [-0.15, -0.1) is 0 Å². The summed E-state index contributed by atoms with van der Waals surface area (Å²) >= 11 is 0. The SMILES string of the molecule is CCN1CCN(C(=O)c2cc(C)nc(Nc3ccccc3C(=O)OC)n2)CC1. The maximum atomic E-state index is 12.9. The normalized spacial score (nSPS) is 14.6. The molecule has 8 nitrogen and oxygen atoms in total. The minimum atomic E-state index is -0.458. The Morgan fingerprint density at radius 1 is 1.14 bits per heavy atom. The fourth-order valence-electron chi connectivity index (χ4n) is 3.16. The molecule has 2 aromatic rings. The minimum absolute atomic E-state index is 0.106. The molecule has 0 spiro atoms. The molecule has 2 heterocycles. The number of hydrogen-bond acceptors (Lipinski definition) is 7. The highest BCUT2D eigenvalue weighted by molar-refractivity contribution is 5.96. The predicted octanol–water partition coefficient (Wildman–Crippen LogP) is 2.09. The van der Waals surface area contributed by atoms with E-state index in [0.717, 1.165) is 19.6 Å². The van der Waals surface area contributed by atoms with Crippen molar-refractivity contribution in [2.45, 2.75) is 13.8 Å². The van der Waals surface area contributed by atoms with Crippen LogP contribution in [0.2, 0.25) is 0 Å². The first-order valence-corrected chi connectivity index (χ1v) is 9.33. The highest BCUT2D eigenvalue weighted by Crippen LogP contribution is 2.20. The number of esters is 1. The zero-order chi connectivity index (χ0) is 20.1. The van der Waals surface area contributed by atoms with E-state index < -0.39 is 5.97 Å². The van der Waals surface area contributed by atoms with Crippen LogP contribution in [0, 0.1) is 6.92 Å². The molecular weight excluding hydrogens is 358 g/mol. The zero-order valence-electron chi connectivity index (χ0n) is 16.4. The summed E-state index contributed by atoms with van der Waals surface area (Å²) in [6.07, 6.45) is 0. The molecule has 148 valence electrons. The van der Waals surface area contributed by atoms with Crippen molar-refractivity contribution in [3.05, 3.63) is 47.3 Å². The van der Waals surface area contributed by atoms with Crippen LogP contribution in [0.25, 0.3) is 0 Å². The van der Waals surface area contributed by atoms with E-state index in [0.29, 0.717) is 35.7 Å². The summed E-state index contributed by atoms with van der Waals surface area (Å²) < 4.78 is 4.81. The second-order valence-corrected chi connectivity index (χ2v) is 6.61. The zero-order valence-corrected chi connectivity index (χ0v) is 16.4. The van der Waals surface area contributed by atoms with Crippen LogP contribution in [-0.4, -0.2) is 71.5 Å². The van der Waals surface area contributed by atoms with Crippen molar-refractivity contribution >= 4 is 23.5 Å². The van der Waals surface area contributed by atoms with E-state index in [1.807, 2.05) is 11.8 Å². The Kier molecular flexibility index (Phi) is 6.20. The fourth-order valence-corrected chi connectivity index (χ4v) is 3.16. The summed E-state index contributed by atoms with van der Waals surface area (Å²) in [6, 6.07) is 8.63. The summed E-state index contributed by atoms with van der Waals surface area (Å²) in [5.41, 5.74) is 1.91. The van der Waals surface area contributed by atoms with Gasteiger partial charge >= 0.3 is 5.97 Å². The van der Waals surface area contributed by atoms with Gasteiger partial charge in [0.1, 0.15) is 5.69 Å². The number of hydrogen-bond donors (Lipinski definition) is 1. The fraction of sp³-hybridized carbons (Fsp3) is 0.400. The molecule has 0 bridgehead atoms. The molecule has 1 fully saturated rings. The molecule has 1 amide bonds. The third kappa shape index (κ3) is 4.45. The molecule has 8 heteroatoms. The van der Waals surface area contributed by atoms with Gasteiger partial charge in [0.2, 0.25) is 5.95 Å². The first-order valence-electron chi connectivity index (χ1n) is 9.33. The average molecular weight is 383 g/mol. The maximum Gasteiger partial charge on any atom is 0.339 e. The molecule has 1 aliphatic heterocycles. The number of aryl methyl sites for hydroxylation is 1. The van der Waals surface area contributed by atoms with Crippen molar-refractivity contribution in [2.75, 3.05) is 45.2 Å². The molecule has 0 saturated carbocycles. The lowest BCUT2D eigenvalue weighted by Crippen LogP contribution is -2.48. The number of benzene rings is 1. The second-order valence-electron chi connectivity index (χ2n) is 6.61. The molecule has 1 saturated heterocycles. The lowest BCUT2D eigenvalue weighted by atomic mass is 10.2. The van der Waals surface area contributed by atoms with Crippen LogP contribution >= 0.6 is 0 Å². The van der Waals surface area contributed by atoms with Crippen LogP contribution in [0.15, 0.2) is 30.3 Å². The number of amides is 1. The van der Waals surface area contributed by atoms with E-state index in [4.69, 9.17) is 4.74 Å². The number of methoxy groups -OCH3 is 1. The van der Waals surface area contributed by atoms with Gasteiger partial charge < -0.3 is 19.9 Å². The number of piperazine rings is 1. The van der Waals surface area contributed by atoms with E-state index in [1.54, 1.807) is 30.3 Å². The molecule has 0 radical (unpaired) electrons. The highest BCUT2D eigenvalue weighted by Gasteiger charge is 2.23. The molecule has 3 rings (SSSR count). The molecule has 0 aliphatic carbocycles. The summed E-state index contributed by atoms with van der Waals surface area (Å²) in [6.45, 7) is 8.02. The molecule has 1 N–H and O–H groups in total. The maximum absolute atomic E-state index is 12.9. The Morgan fingerprint density at radius 3 is 2.54 bits per heavy atom. The van der Waals surface area contributed by atoms with E-state index in [2.05, 4.69) is 27.1 Å². The van der Waals surface area contributed by atoms with Gasteiger partial charge in [-0.1, -0.05) is 19.1 Å². The summed E-state index contributed by atoms with van der Waals surface area (Å²) in [5.74, 6) is -0.293. The van der Waals surface area contributed by atoms with Gasteiger partial charge in [-0.25, -0.2) is 14.8 Å². The number of likely N-dealkylation sites (N-methyl/N-ethyl adjacent to an activating group) is 1. The van der Waals surface area contributed by atoms with Gasteiger partial charge in [-0.3, -0.25) is 4.79 Å². The van der Waals surface area contributed by atoms with Crippen LogP contribution in [0.5, 0.6) is 0 Å². The van der Waals surface area contributed by atoms with E-state index in [1.165, 1.54) is 7.11 Å². The number of carbonyl (C=O) groups is 2. The van der Waals surface area contributed by atoms with Gasteiger partial charge in [0, 0.05) is 31.9 Å². The average Bonchev–Trinajstić information content (AvgIpc) is 2.72. The highest BCUT2D eigenvalue weighted by atomic mass is 16.5. The molecule has 1 aliphatic rings. The van der Waals surface area contributed by atoms with Crippen LogP contribution < -0.4 is 5.32 Å². The Morgan fingerprint density at radius 2 is 1.86 bits per heavy atom. The first-order chi connectivity index (χ1) is 13.5. The Bertz CT molecular complexity index is 863. The van der Waals surface area contributed by atoms with Gasteiger partial charge in [-0.2, -0.15) is 0 Å². The van der Waals surface area contributed by atoms with Crippen molar-refractivity contribution in [3.8, 4) is 0 Å². The molecule has 28 heavy (non-hydrogen) atoms. The molecule has 1 aromatic carbocycles. The quantitative estimate of drug-likeness (QED) is 0.791. The van der Waals surface area contributed by atoms with E-state index >= 15 is 0 Å². The van der Waals surface area contributed by atoms with Crippen molar-refractivity contribution in [3.63, 3.8) is 0 Å². The largest absolute Gasteiger partial charge is 0.465 e. The van der Waals surface area contributed by atoms with Gasteiger partial charge in [0.15, 0.2) is 0 Å². The van der Waals surface area contributed by atoms with Gasteiger partial charge in [0.25, 0.3) is 5.91 Å². The Hall–Kier alpha value is -3.00. The summed E-state index contributed by atoms with van der Waals surface area (Å²) in [7, 11) is 1.33. The molecule has 0 atom stereocenters. The number of aromatic nitrogens is 2. The van der Waals surface area contributed by atoms with Gasteiger partial charge in [0.05, 0.1) is 18.4 Å². The van der Waals surface area contributed by atoms with Crippen LogP contribution in [-0.2, 0) is 4.74 Å². The smallest absolute Gasteiger partial charge is 0.339 e. The lowest BCUT2D eigenvalue weighted by molar-refractivity contribution is 0.0600. The summed E-state index contributed by atoms with van der Waals surface area (Å²) in [4.78, 5) is 37.7. The standard InChI is InChI=1S/C20H25N5O3/c1-4-24-9-11-25(12-10-24)18(26)17-13-14(2)21-20(23-17)22-16-8-6-5-7-15(16)19(27)28-3/h5-8,13H,4,9-12H2,1-3H3,(H,21,22,23). The topological polar surface area (TPSA) is 87.7 Å². The molecular formula is C20H25N5O3. The third-order valence-electron chi connectivity index (χ3n) is 4.76. The van der Waals surface area contributed by atoms with Gasteiger partial charge in [-0.05, 0) is 31.7 Å². The Labute approximate surface area is 164 Å². The number of ether oxygens (including phenoxy) is 1. The number of nitrogens with zero attached hydrogens (tertiary/aromatic N) is 4. The Balaban J connectivity index is 1.81. The third-order valence-corrected chi connectivity index (χ3v) is 4.76. The lowest BCUT2D eigenvalue weighted by Gasteiger charge is -2.33. The van der Waals surface area contributed by atoms with E-state index in [-0.39, 0.29) is 11.9 Å². The van der Waals surface area contributed by atoms with E-state index in [9.17, 15) is 9.59 Å². The minimum Gasteiger partial charge on any atom is -0.465 e. The summed E-state index contributed by atoms with van der Waals surface area (Å²) in [5, 5.41) is 3.04. The molecule has 0 unspecified atom stereocenters. The van der Waals surface area contributed by atoms with Crippen LogP contribution in [0.4, 0.5) is 11.6 Å². The number of carbonyl (C=O) groups excluding carboxylic acids is 2. The number of para-hydroxylation sites is 1. The number of nitrogens with one attached hydrogen (secondary N) is 1. The van der Waals surface area contributed by atoms with Crippen molar-refractivity contribution in [1.82, 2.24) is 19.8 Å². The number of rotatable bonds is 5. The van der Waals surface area contributed by atoms with Crippen LogP contribution in [0.1, 0.15) is 33.5 Å². The van der Waals surface area contributed by atoms with Crippen molar-refractivity contribution < 1.29 is 14.3 Å². The predicted molar refractivity (Wildman–Crippen MR) is 106 cm³/mol.